The lowest BCUT2D eigenvalue weighted by atomic mass is 10.2. The van der Waals surface area contributed by atoms with E-state index in [0.29, 0.717) is 11.4 Å². The minimum atomic E-state index is -0.338. The maximum absolute atomic E-state index is 12.3. The van der Waals surface area contributed by atoms with Gasteiger partial charge in [-0.15, -0.1) is 0 Å². The average Bonchev–Trinajstić information content (AvgIpc) is 2.57. The summed E-state index contributed by atoms with van der Waals surface area (Å²) in [5.74, 6) is -0.152. The molecular weight excluding hydrogens is 316 g/mol. The number of hydrogen-bond acceptors (Lipinski definition) is 3. The third-order valence-electron chi connectivity index (χ3n) is 3.84. The Hall–Kier alpha value is -3.02. The SMILES string of the molecule is CCN(C)c1ccccc1NC(=O)Nc1ccc(C)c(NC(C)=O)c1. The summed E-state index contributed by atoms with van der Waals surface area (Å²) in [6.07, 6.45) is 0. The van der Waals surface area contributed by atoms with Crippen molar-refractivity contribution < 1.29 is 9.59 Å². The zero-order chi connectivity index (χ0) is 18.4. The largest absolute Gasteiger partial charge is 0.373 e. The van der Waals surface area contributed by atoms with Gasteiger partial charge >= 0.3 is 6.03 Å². The van der Waals surface area contributed by atoms with Crippen LogP contribution in [0.3, 0.4) is 0 Å². The van der Waals surface area contributed by atoms with Crippen molar-refractivity contribution in [2.75, 3.05) is 34.4 Å². The van der Waals surface area contributed by atoms with Crippen LogP contribution in [-0.4, -0.2) is 25.5 Å². The molecule has 0 aliphatic heterocycles. The number of nitrogens with zero attached hydrogens (tertiary/aromatic N) is 1. The highest BCUT2D eigenvalue weighted by molar-refractivity contribution is 6.02. The molecule has 3 N–H and O–H groups in total. The third-order valence-corrected chi connectivity index (χ3v) is 3.84. The Bertz CT molecular complexity index is 774. The van der Waals surface area contributed by atoms with Gasteiger partial charge in [-0.2, -0.15) is 0 Å². The van der Waals surface area contributed by atoms with Gasteiger partial charge in [-0.05, 0) is 43.7 Å². The molecule has 0 bridgehead atoms. The van der Waals surface area contributed by atoms with E-state index < -0.39 is 0 Å². The molecule has 2 aromatic carbocycles. The van der Waals surface area contributed by atoms with Crippen LogP contribution >= 0.6 is 0 Å². The molecule has 0 saturated heterocycles. The molecule has 0 saturated carbocycles. The van der Waals surface area contributed by atoms with Crippen molar-refractivity contribution in [1.29, 1.82) is 0 Å². The van der Waals surface area contributed by atoms with E-state index in [4.69, 9.17) is 0 Å². The summed E-state index contributed by atoms with van der Waals surface area (Å²) in [4.78, 5) is 25.6. The molecule has 0 heterocycles. The van der Waals surface area contributed by atoms with Crippen LogP contribution in [0.5, 0.6) is 0 Å². The second-order valence-corrected chi connectivity index (χ2v) is 5.82. The Balaban J connectivity index is 2.12. The minimum absolute atomic E-state index is 0.152. The zero-order valence-electron chi connectivity index (χ0n) is 15.0. The summed E-state index contributed by atoms with van der Waals surface area (Å²) in [6, 6.07) is 12.7. The summed E-state index contributed by atoms with van der Waals surface area (Å²) in [6.45, 7) is 6.23. The first-order chi connectivity index (χ1) is 11.9. The molecule has 132 valence electrons. The van der Waals surface area contributed by atoms with E-state index >= 15 is 0 Å². The van der Waals surface area contributed by atoms with Crippen molar-refractivity contribution in [3.05, 3.63) is 48.0 Å². The normalized spacial score (nSPS) is 10.1. The Kier molecular flexibility index (Phi) is 6.00. The first kappa shape index (κ1) is 18.3. The van der Waals surface area contributed by atoms with Crippen molar-refractivity contribution in [1.82, 2.24) is 0 Å². The van der Waals surface area contributed by atoms with Crippen LogP contribution in [0.15, 0.2) is 42.5 Å². The molecule has 0 aliphatic carbocycles. The maximum Gasteiger partial charge on any atom is 0.323 e. The predicted molar refractivity (Wildman–Crippen MR) is 104 cm³/mol. The van der Waals surface area contributed by atoms with Gasteiger partial charge in [-0.25, -0.2) is 4.79 Å². The van der Waals surface area contributed by atoms with Gasteiger partial charge in [0.05, 0.1) is 11.4 Å². The fourth-order valence-corrected chi connectivity index (χ4v) is 2.39. The molecule has 0 radical (unpaired) electrons. The van der Waals surface area contributed by atoms with Gasteiger partial charge in [0.15, 0.2) is 0 Å². The summed E-state index contributed by atoms with van der Waals surface area (Å²) < 4.78 is 0. The topological polar surface area (TPSA) is 73.5 Å². The van der Waals surface area contributed by atoms with Crippen molar-refractivity contribution in [3.8, 4) is 0 Å². The lowest BCUT2D eigenvalue weighted by molar-refractivity contribution is -0.114. The van der Waals surface area contributed by atoms with E-state index in [9.17, 15) is 9.59 Å². The molecule has 0 aromatic heterocycles. The smallest absolute Gasteiger partial charge is 0.323 e. The lowest BCUT2D eigenvalue weighted by Gasteiger charge is -2.21. The van der Waals surface area contributed by atoms with E-state index in [2.05, 4.69) is 20.9 Å². The second-order valence-electron chi connectivity index (χ2n) is 5.82. The number of amides is 3. The Morgan fingerprint density at radius 3 is 2.40 bits per heavy atom. The second kappa shape index (κ2) is 8.19. The molecule has 3 amide bonds. The highest BCUT2D eigenvalue weighted by Crippen LogP contribution is 2.25. The van der Waals surface area contributed by atoms with Crippen LogP contribution in [0.2, 0.25) is 0 Å². The van der Waals surface area contributed by atoms with Crippen LogP contribution in [0.4, 0.5) is 27.5 Å². The van der Waals surface area contributed by atoms with Gasteiger partial charge in [-0.1, -0.05) is 18.2 Å². The lowest BCUT2D eigenvalue weighted by Crippen LogP contribution is -2.23. The van der Waals surface area contributed by atoms with Crippen molar-refractivity contribution in [2.45, 2.75) is 20.8 Å². The van der Waals surface area contributed by atoms with E-state index in [1.165, 1.54) is 6.92 Å². The number of anilines is 4. The zero-order valence-corrected chi connectivity index (χ0v) is 15.0. The van der Waals surface area contributed by atoms with E-state index in [-0.39, 0.29) is 11.9 Å². The number of nitrogens with one attached hydrogen (secondary N) is 3. The molecule has 0 fully saturated rings. The summed E-state index contributed by atoms with van der Waals surface area (Å²) in [5.41, 5.74) is 3.89. The Labute approximate surface area is 148 Å². The molecule has 0 unspecified atom stereocenters. The van der Waals surface area contributed by atoms with Crippen molar-refractivity contribution >= 4 is 34.7 Å². The van der Waals surface area contributed by atoms with Gasteiger partial charge in [0.25, 0.3) is 0 Å². The number of rotatable bonds is 5. The van der Waals surface area contributed by atoms with Gasteiger partial charge in [0.2, 0.25) is 5.91 Å². The van der Waals surface area contributed by atoms with E-state index in [0.717, 1.165) is 23.5 Å². The number of benzene rings is 2. The molecular formula is C19H24N4O2. The highest BCUT2D eigenvalue weighted by Gasteiger charge is 2.10. The van der Waals surface area contributed by atoms with Crippen LogP contribution in [0, 0.1) is 6.92 Å². The van der Waals surface area contributed by atoms with E-state index in [1.807, 2.05) is 51.2 Å². The molecule has 0 aliphatic rings. The molecule has 0 atom stereocenters. The summed E-state index contributed by atoms with van der Waals surface area (Å²) in [5, 5.41) is 8.42. The minimum Gasteiger partial charge on any atom is -0.373 e. The van der Waals surface area contributed by atoms with Crippen LogP contribution in [0.1, 0.15) is 19.4 Å². The van der Waals surface area contributed by atoms with Crippen LogP contribution < -0.4 is 20.9 Å². The number of carbonyl (C=O) groups excluding carboxylic acids is 2. The number of para-hydroxylation sites is 2. The van der Waals surface area contributed by atoms with Gasteiger partial charge in [0, 0.05) is 31.9 Å². The summed E-state index contributed by atoms with van der Waals surface area (Å²) >= 11 is 0. The molecule has 6 nitrogen and oxygen atoms in total. The van der Waals surface area contributed by atoms with Crippen LogP contribution in [-0.2, 0) is 4.79 Å². The monoisotopic (exact) mass is 340 g/mol. The molecule has 2 rings (SSSR count). The summed E-state index contributed by atoms with van der Waals surface area (Å²) in [7, 11) is 1.97. The fourth-order valence-electron chi connectivity index (χ4n) is 2.39. The Morgan fingerprint density at radius 2 is 1.72 bits per heavy atom. The third kappa shape index (κ3) is 4.97. The Morgan fingerprint density at radius 1 is 1.00 bits per heavy atom. The van der Waals surface area contributed by atoms with Gasteiger partial charge < -0.3 is 20.9 Å². The molecule has 2 aromatic rings. The van der Waals surface area contributed by atoms with Crippen molar-refractivity contribution in [3.63, 3.8) is 0 Å². The highest BCUT2D eigenvalue weighted by atomic mass is 16.2. The first-order valence-corrected chi connectivity index (χ1v) is 8.17. The average molecular weight is 340 g/mol. The van der Waals surface area contributed by atoms with Crippen molar-refractivity contribution in [2.24, 2.45) is 0 Å². The number of urea groups is 1. The van der Waals surface area contributed by atoms with Gasteiger partial charge in [0.1, 0.15) is 0 Å². The quantitative estimate of drug-likeness (QED) is 0.768. The van der Waals surface area contributed by atoms with E-state index in [1.54, 1.807) is 12.1 Å². The number of carbonyl (C=O) groups is 2. The van der Waals surface area contributed by atoms with Gasteiger partial charge in [-0.3, -0.25) is 4.79 Å². The molecule has 6 heteroatoms. The number of hydrogen-bond donors (Lipinski definition) is 3. The van der Waals surface area contributed by atoms with Crippen LogP contribution in [0.25, 0.3) is 0 Å². The fraction of sp³-hybridized carbons (Fsp3) is 0.263. The first-order valence-electron chi connectivity index (χ1n) is 8.17. The molecule has 0 spiro atoms. The standard InChI is InChI=1S/C19H24N4O2/c1-5-23(4)18-9-7-6-8-16(18)22-19(25)21-15-11-10-13(2)17(12-15)20-14(3)24/h6-12H,5H2,1-4H3,(H,20,24)(H2,21,22,25). The maximum atomic E-state index is 12.3. The predicted octanol–water partition coefficient (Wildman–Crippen LogP) is 4.05. The number of aryl methyl sites for hydroxylation is 1. The molecule has 25 heavy (non-hydrogen) atoms.